The zero-order chi connectivity index (χ0) is 21.6. The molecule has 2 aromatic rings. The molecule has 1 amide bonds. The molecule has 6 nitrogen and oxygen atoms in total. The molecule has 0 heterocycles. The van der Waals surface area contributed by atoms with Crippen molar-refractivity contribution in [3.05, 3.63) is 59.4 Å². The highest BCUT2D eigenvalue weighted by Gasteiger charge is 2.21. The van der Waals surface area contributed by atoms with Crippen molar-refractivity contribution in [3.63, 3.8) is 0 Å². The minimum absolute atomic E-state index is 0.0379. The largest absolute Gasteiger partial charge is 0.325 e. The van der Waals surface area contributed by atoms with Gasteiger partial charge in [0.05, 0.1) is 11.4 Å². The third-order valence-electron chi connectivity index (χ3n) is 4.75. The standard InChI is InChI=1S/C21H28FN3O3S/c1-5-25(6-2)29(27,28)19-11-8-17(9-12-19)16(4)23-14-21(26)24-18-10-7-15(3)20(22)13-18/h7-13,16,23H,5-6,14H2,1-4H3,(H,24,26)/t16-/m1/s1. The molecule has 0 aromatic heterocycles. The highest BCUT2D eigenvalue weighted by Crippen LogP contribution is 2.19. The van der Waals surface area contributed by atoms with Crippen molar-refractivity contribution in [1.82, 2.24) is 9.62 Å². The van der Waals surface area contributed by atoms with Gasteiger partial charge in [-0.05, 0) is 49.2 Å². The molecule has 29 heavy (non-hydrogen) atoms. The summed E-state index contributed by atoms with van der Waals surface area (Å²) in [5.41, 5.74) is 1.78. The van der Waals surface area contributed by atoms with Gasteiger partial charge in [-0.15, -0.1) is 0 Å². The Morgan fingerprint density at radius 1 is 1.10 bits per heavy atom. The number of benzene rings is 2. The lowest BCUT2D eigenvalue weighted by Crippen LogP contribution is -2.31. The molecule has 8 heteroatoms. The number of hydrogen-bond acceptors (Lipinski definition) is 4. The molecule has 0 saturated heterocycles. The normalized spacial score (nSPS) is 12.8. The van der Waals surface area contributed by atoms with E-state index in [1.807, 2.05) is 6.92 Å². The number of sulfonamides is 1. The van der Waals surface area contributed by atoms with Crippen LogP contribution in [0.2, 0.25) is 0 Å². The summed E-state index contributed by atoms with van der Waals surface area (Å²) in [6, 6.07) is 11.0. The van der Waals surface area contributed by atoms with Gasteiger partial charge >= 0.3 is 0 Å². The topological polar surface area (TPSA) is 78.5 Å². The van der Waals surface area contributed by atoms with E-state index in [0.29, 0.717) is 24.3 Å². The molecule has 0 radical (unpaired) electrons. The van der Waals surface area contributed by atoms with Crippen LogP contribution in [-0.2, 0) is 14.8 Å². The highest BCUT2D eigenvalue weighted by atomic mass is 32.2. The molecule has 0 aliphatic rings. The number of carbonyl (C=O) groups excluding carboxylic acids is 1. The van der Waals surface area contributed by atoms with Crippen LogP contribution >= 0.6 is 0 Å². The van der Waals surface area contributed by atoms with Gasteiger partial charge in [-0.2, -0.15) is 4.31 Å². The summed E-state index contributed by atoms with van der Waals surface area (Å²) >= 11 is 0. The Morgan fingerprint density at radius 3 is 2.28 bits per heavy atom. The minimum atomic E-state index is -3.49. The molecule has 0 unspecified atom stereocenters. The number of anilines is 1. The average molecular weight is 422 g/mol. The monoisotopic (exact) mass is 421 g/mol. The molecule has 0 aliphatic carbocycles. The number of carbonyl (C=O) groups is 1. The summed E-state index contributed by atoms with van der Waals surface area (Å²) in [5.74, 6) is -0.662. The second kappa shape index (κ2) is 9.96. The summed E-state index contributed by atoms with van der Waals surface area (Å²) in [4.78, 5) is 12.3. The quantitative estimate of drug-likeness (QED) is 0.650. The van der Waals surface area contributed by atoms with Crippen LogP contribution in [0.4, 0.5) is 10.1 Å². The molecule has 0 spiro atoms. The van der Waals surface area contributed by atoms with Gasteiger partial charge < -0.3 is 10.6 Å². The van der Waals surface area contributed by atoms with E-state index in [-0.39, 0.29) is 29.2 Å². The van der Waals surface area contributed by atoms with Gasteiger partial charge in [0, 0.05) is 24.8 Å². The van der Waals surface area contributed by atoms with Gasteiger partial charge in [-0.3, -0.25) is 4.79 Å². The first-order valence-electron chi connectivity index (χ1n) is 9.58. The van der Waals surface area contributed by atoms with E-state index < -0.39 is 10.0 Å². The third kappa shape index (κ3) is 5.85. The van der Waals surface area contributed by atoms with E-state index in [1.165, 1.54) is 10.4 Å². The van der Waals surface area contributed by atoms with Crippen LogP contribution in [-0.4, -0.2) is 38.3 Å². The van der Waals surface area contributed by atoms with Crippen LogP contribution in [0.25, 0.3) is 0 Å². The maximum Gasteiger partial charge on any atom is 0.243 e. The fourth-order valence-electron chi connectivity index (χ4n) is 2.88. The van der Waals surface area contributed by atoms with Gasteiger partial charge in [-0.1, -0.05) is 32.0 Å². The van der Waals surface area contributed by atoms with Crippen molar-refractivity contribution in [2.75, 3.05) is 25.0 Å². The van der Waals surface area contributed by atoms with Crippen LogP contribution in [0.15, 0.2) is 47.4 Å². The first-order chi connectivity index (χ1) is 13.7. The Balaban J connectivity index is 1.96. The van der Waals surface area contributed by atoms with Gasteiger partial charge in [0.25, 0.3) is 0 Å². The van der Waals surface area contributed by atoms with Gasteiger partial charge in [0.1, 0.15) is 5.82 Å². The van der Waals surface area contributed by atoms with Crippen molar-refractivity contribution in [2.24, 2.45) is 0 Å². The molecule has 0 saturated carbocycles. The van der Waals surface area contributed by atoms with Crippen molar-refractivity contribution in [3.8, 4) is 0 Å². The maximum atomic E-state index is 13.6. The molecule has 158 valence electrons. The summed E-state index contributed by atoms with van der Waals surface area (Å²) in [7, 11) is -3.49. The number of aryl methyl sites for hydroxylation is 1. The third-order valence-corrected chi connectivity index (χ3v) is 6.81. The zero-order valence-corrected chi connectivity index (χ0v) is 18.0. The summed E-state index contributed by atoms with van der Waals surface area (Å²) in [5, 5.41) is 5.73. The van der Waals surface area contributed by atoms with E-state index in [4.69, 9.17) is 0 Å². The maximum absolute atomic E-state index is 13.6. The van der Waals surface area contributed by atoms with Gasteiger partial charge in [-0.25, -0.2) is 12.8 Å². The molecule has 0 fully saturated rings. The highest BCUT2D eigenvalue weighted by molar-refractivity contribution is 7.89. The smallest absolute Gasteiger partial charge is 0.243 e. The molecule has 0 bridgehead atoms. The molecule has 1 atom stereocenters. The predicted molar refractivity (Wildman–Crippen MR) is 113 cm³/mol. The Kier molecular flexibility index (Phi) is 7.89. The fourth-order valence-corrected chi connectivity index (χ4v) is 4.34. The first-order valence-corrected chi connectivity index (χ1v) is 11.0. The first kappa shape index (κ1) is 23.0. The molecule has 0 aliphatic heterocycles. The number of rotatable bonds is 9. The lowest BCUT2D eigenvalue weighted by atomic mass is 10.1. The van der Waals surface area contributed by atoms with Crippen LogP contribution in [0.1, 0.15) is 37.9 Å². The van der Waals surface area contributed by atoms with Crippen LogP contribution in [0.5, 0.6) is 0 Å². The lowest BCUT2D eigenvalue weighted by molar-refractivity contribution is -0.115. The average Bonchev–Trinajstić information content (AvgIpc) is 2.70. The Bertz CT molecular complexity index is 942. The zero-order valence-electron chi connectivity index (χ0n) is 17.2. The summed E-state index contributed by atoms with van der Waals surface area (Å²) < 4.78 is 40.0. The van der Waals surface area contributed by atoms with Gasteiger partial charge in [0.15, 0.2) is 0 Å². The number of hydrogen-bond donors (Lipinski definition) is 2. The SMILES string of the molecule is CCN(CC)S(=O)(=O)c1ccc([C@@H](C)NCC(=O)Nc2ccc(C)c(F)c2)cc1. The lowest BCUT2D eigenvalue weighted by Gasteiger charge is -2.19. The van der Waals surface area contributed by atoms with E-state index in [9.17, 15) is 17.6 Å². The van der Waals surface area contributed by atoms with Crippen molar-refractivity contribution >= 4 is 21.6 Å². The second-order valence-electron chi connectivity index (χ2n) is 6.77. The number of nitrogens with one attached hydrogen (secondary N) is 2. The van der Waals surface area contributed by atoms with Crippen molar-refractivity contribution in [1.29, 1.82) is 0 Å². The van der Waals surface area contributed by atoms with Gasteiger partial charge in [0.2, 0.25) is 15.9 Å². The molecule has 2 rings (SSSR count). The van der Waals surface area contributed by atoms with Crippen molar-refractivity contribution in [2.45, 2.75) is 38.6 Å². The summed E-state index contributed by atoms with van der Waals surface area (Å²) in [6.07, 6.45) is 0. The van der Waals surface area contributed by atoms with E-state index in [0.717, 1.165) is 5.56 Å². The molecular formula is C21H28FN3O3S. The minimum Gasteiger partial charge on any atom is -0.325 e. The Hall–Kier alpha value is -2.29. The Labute approximate surface area is 172 Å². The summed E-state index contributed by atoms with van der Waals surface area (Å²) in [6.45, 7) is 8.01. The van der Waals surface area contributed by atoms with E-state index in [1.54, 1.807) is 57.2 Å². The van der Waals surface area contributed by atoms with E-state index in [2.05, 4.69) is 10.6 Å². The van der Waals surface area contributed by atoms with E-state index >= 15 is 0 Å². The second-order valence-corrected chi connectivity index (χ2v) is 8.71. The van der Waals surface area contributed by atoms with Crippen LogP contribution in [0.3, 0.4) is 0 Å². The predicted octanol–water partition coefficient (Wildman–Crippen LogP) is 3.45. The number of halogens is 1. The fraction of sp³-hybridized carbons (Fsp3) is 0.381. The van der Waals surface area contributed by atoms with Crippen molar-refractivity contribution < 1.29 is 17.6 Å². The molecule has 2 N–H and O–H groups in total. The number of amides is 1. The molecule has 2 aromatic carbocycles. The Morgan fingerprint density at radius 2 is 1.72 bits per heavy atom. The number of nitrogens with zero attached hydrogens (tertiary/aromatic N) is 1. The van der Waals surface area contributed by atoms with Crippen LogP contribution in [0, 0.1) is 12.7 Å². The molecular weight excluding hydrogens is 393 g/mol. The van der Waals surface area contributed by atoms with Crippen LogP contribution < -0.4 is 10.6 Å².